The number of allylic oxidation sites excluding steroid dienone is 6. The van der Waals surface area contributed by atoms with Crippen LogP contribution in [-0.2, 0) is 11.8 Å². The summed E-state index contributed by atoms with van der Waals surface area (Å²) in [5.74, 6) is 0.703. The van der Waals surface area contributed by atoms with Crippen molar-refractivity contribution in [2.45, 2.75) is 110 Å². The zero-order valence-corrected chi connectivity index (χ0v) is 34.3. The summed E-state index contributed by atoms with van der Waals surface area (Å²) in [6.45, 7) is 13.9. The molecule has 3 unspecified atom stereocenters. The van der Waals surface area contributed by atoms with Gasteiger partial charge >= 0.3 is 0 Å². The Morgan fingerprint density at radius 2 is 1.57 bits per heavy atom. The van der Waals surface area contributed by atoms with Crippen LogP contribution < -0.4 is 20.9 Å². The molecule has 0 N–H and O–H groups in total. The molecule has 2 aliphatic heterocycles. The Kier molecular flexibility index (Phi) is 9.72. The van der Waals surface area contributed by atoms with Crippen LogP contribution in [0.4, 0.5) is 28.4 Å². The van der Waals surface area contributed by atoms with Gasteiger partial charge in [-0.1, -0.05) is 145 Å². The summed E-state index contributed by atoms with van der Waals surface area (Å²) < 4.78 is 7.26. The molecular formula is C52H57BN2O. The molecule has 0 fully saturated rings. The molecule has 3 atom stereocenters. The highest BCUT2D eigenvalue weighted by Gasteiger charge is 2.52. The first-order valence-corrected chi connectivity index (χ1v) is 21.5. The van der Waals surface area contributed by atoms with Gasteiger partial charge in [-0.15, -0.1) is 0 Å². The molecule has 9 rings (SSSR count). The summed E-state index contributed by atoms with van der Waals surface area (Å²) in [4.78, 5) is 5.21. The molecule has 0 saturated heterocycles. The molecule has 3 nitrogen and oxygen atoms in total. The maximum absolute atomic E-state index is 7.26. The lowest BCUT2D eigenvalue weighted by atomic mass is 9.30. The predicted molar refractivity (Wildman–Crippen MR) is 242 cm³/mol. The van der Waals surface area contributed by atoms with Gasteiger partial charge in [0.2, 0.25) is 0 Å². The van der Waals surface area contributed by atoms with Crippen molar-refractivity contribution in [2.24, 2.45) is 5.92 Å². The van der Waals surface area contributed by atoms with Crippen LogP contribution in [-0.4, -0.2) is 12.8 Å². The number of para-hydroxylation sites is 1. The van der Waals surface area contributed by atoms with Gasteiger partial charge in [-0.3, -0.25) is 0 Å². The van der Waals surface area contributed by atoms with Gasteiger partial charge in [0.25, 0.3) is 6.71 Å². The summed E-state index contributed by atoms with van der Waals surface area (Å²) in [5, 5.41) is 1.20. The molecule has 56 heavy (non-hydrogen) atoms. The average Bonchev–Trinajstić information content (AvgIpc) is 3.59. The van der Waals surface area contributed by atoms with E-state index in [0.717, 1.165) is 30.5 Å². The average molecular weight is 737 g/mol. The number of anilines is 5. The molecule has 284 valence electrons. The maximum atomic E-state index is 7.26. The van der Waals surface area contributed by atoms with E-state index in [1.54, 1.807) is 0 Å². The number of unbranched alkanes of at least 4 members (excludes halogenated alkanes) is 3. The lowest BCUT2D eigenvalue weighted by Crippen LogP contribution is -2.61. The molecule has 0 amide bonds. The Morgan fingerprint density at radius 3 is 2.36 bits per heavy atom. The van der Waals surface area contributed by atoms with Crippen LogP contribution in [0.2, 0.25) is 5.82 Å². The fourth-order valence-electron chi connectivity index (χ4n) is 9.80. The summed E-state index contributed by atoms with van der Waals surface area (Å²) >= 11 is 0. The van der Waals surface area contributed by atoms with Crippen molar-refractivity contribution in [3.8, 4) is 0 Å². The largest absolute Gasteiger partial charge is 0.469 e. The van der Waals surface area contributed by atoms with Crippen LogP contribution in [0, 0.1) is 5.92 Å². The van der Waals surface area contributed by atoms with Gasteiger partial charge in [0, 0.05) is 33.7 Å². The van der Waals surface area contributed by atoms with Crippen LogP contribution in [0.15, 0.2) is 131 Å². The van der Waals surface area contributed by atoms with Crippen molar-refractivity contribution < 1.29 is 4.42 Å². The quantitative estimate of drug-likeness (QED) is 0.105. The first-order chi connectivity index (χ1) is 27.2. The van der Waals surface area contributed by atoms with E-state index in [4.69, 9.17) is 4.42 Å². The van der Waals surface area contributed by atoms with Gasteiger partial charge in [0.05, 0.1) is 17.4 Å². The van der Waals surface area contributed by atoms with E-state index in [9.17, 15) is 0 Å². The molecule has 0 saturated carbocycles. The number of aryl methyl sites for hydroxylation is 1. The number of rotatable bonds is 10. The minimum absolute atomic E-state index is 0.0126. The monoisotopic (exact) mass is 736 g/mol. The van der Waals surface area contributed by atoms with E-state index in [1.807, 2.05) is 0 Å². The summed E-state index contributed by atoms with van der Waals surface area (Å²) in [6, 6.07) is 32.6. The topological polar surface area (TPSA) is 19.6 Å². The summed E-state index contributed by atoms with van der Waals surface area (Å²) in [6.07, 6.45) is 24.2. The van der Waals surface area contributed by atoms with Crippen molar-refractivity contribution in [1.29, 1.82) is 0 Å². The van der Waals surface area contributed by atoms with E-state index >= 15 is 0 Å². The van der Waals surface area contributed by atoms with Crippen LogP contribution >= 0.6 is 0 Å². The zero-order chi connectivity index (χ0) is 38.6. The highest BCUT2D eigenvalue weighted by molar-refractivity contribution is 6.91. The number of hydrogen-bond acceptors (Lipinski definition) is 3. The van der Waals surface area contributed by atoms with Gasteiger partial charge in [-0.25, -0.2) is 0 Å². The Hall–Kier alpha value is -4.96. The summed E-state index contributed by atoms with van der Waals surface area (Å²) in [7, 11) is 0. The second-order valence-corrected chi connectivity index (χ2v) is 17.8. The Bertz CT molecular complexity index is 2380. The van der Waals surface area contributed by atoms with Crippen molar-refractivity contribution >= 4 is 62.8 Å². The van der Waals surface area contributed by atoms with Crippen molar-refractivity contribution in [1.82, 2.24) is 0 Å². The fourth-order valence-corrected chi connectivity index (χ4v) is 9.80. The van der Waals surface area contributed by atoms with E-state index in [1.165, 1.54) is 99.2 Å². The van der Waals surface area contributed by atoms with Gasteiger partial charge in [0.1, 0.15) is 5.58 Å². The molecule has 2 aliphatic carbocycles. The number of nitrogens with zero attached hydrogens (tertiary/aromatic N) is 2. The van der Waals surface area contributed by atoms with Gasteiger partial charge in [-0.05, 0) is 114 Å². The van der Waals surface area contributed by atoms with Gasteiger partial charge in [-0.2, -0.15) is 0 Å². The van der Waals surface area contributed by atoms with Crippen LogP contribution in [0.1, 0.15) is 103 Å². The van der Waals surface area contributed by atoms with Crippen LogP contribution in [0.5, 0.6) is 0 Å². The van der Waals surface area contributed by atoms with Gasteiger partial charge in [0.15, 0.2) is 0 Å². The maximum Gasteiger partial charge on any atom is 0.272 e. The van der Waals surface area contributed by atoms with Crippen molar-refractivity contribution in [2.75, 3.05) is 9.80 Å². The molecule has 5 aromatic rings. The SMILES string of the molecule is CCCCCC1=CC2B3c4oc5ccc(C(C)(C)C)cc5c4N(c4ccc(CCCC)cc4)c4cccc(c43)N(c3ccccc3C3=CC(C)CC=C3)C2C=C1. The Balaban J connectivity index is 1.30. The standard InChI is InChI=1S/C52H57BN2O/c1-7-9-11-18-37-26-30-45-43(33-37)53-49-46(22-15-23-47(49)55(45)44-21-13-12-20-41(44)38-19-14-16-35(3)32-38)54(40-28-24-36(25-29-40)17-10-8-2)50-42-34-39(52(4,5)6)27-31-48(42)56-51(50)53/h12-15,19-35,43,45H,7-11,16-18H2,1-6H3. The highest BCUT2D eigenvalue weighted by atomic mass is 16.3. The molecule has 1 aromatic heterocycles. The molecule has 0 spiro atoms. The third-order valence-corrected chi connectivity index (χ3v) is 12.7. The van der Waals surface area contributed by atoms with Crippen LogP contribution in [0.3, 0.4) is 0 Å². The van der Waals surface area contributed by atoms with E-state index in [0.29, 0.717) is 5.92 Å². The molecule has 4 aromatic carbocycles. The second kappa shape index (κ2) is 14.8. The van der Waals surface area contributed by atoms with Crippen molar-refractivity contribution in [3.63, 3.8) is 0 Å². The number of benzene rings is 4. The number of hydrogen-bond donors (Lipinski definition) is 0. The second-order valence-electron chi connectivity index (χ2n) is 17.8. The third-order valence-electron chi connectivity index (χ3n) is 12.7. The number of fused-ring (bicyclic) bond motifs is 6. The zero-order valence-electron chi connectivity index (χ0n) is 34.3. The highest BCUT2D eigenvalue weighted by Crippen LogP contribution is 2.51. The smallest absolute Gasteiger partial charge is 0.272 e. The number of furan rings is 1. The lowest BCUT2D eigenvalue weighted by molar-refractivity contribution is 0.590. The lowest BCUT2D eigenvalue weighted by Gasteiger charge is -2.49. The molecule has 4 heteroatoms. The minimum Gasteiger partial charge on any atom is -0.469 e. The van der Waals surface area contributed by atoms with Crippen molar-refractivity contribution in [3.05, 3.63) is 144 Å². The Labute approximate surface area is 335 Å². The fraction of sp³-hybridized carbons (Fsp3) is 0.346. The molecule has 3 heterocycles. The van der Waals surface area contributed by atoms with Crippen LogP contribution in [0.25, 0.3) is 16.5 Å². The van der Waals surface area contributed by atoms with E-state index < -0.39 is 0 Å². The first kappa shape index (κ1) is 36.7. The normalized spacial score (nSPS) is 19.8. The molecule has 0 bridgehead atoms. The third kappa shape index (κ3) is 6.40. The molecule has 0 radical (unpaired) electrons. The van der Waals surface area contributed by atoms with E-state index in [-0.39, 0.29) is 24.0 Å². The van der Waals surface area contributed by atoms with E-state index in [2.05, 4.69) is 173 Å². The minimum atomic E-state index is 0.0126. The predicted octanol–water partition coefficient (Wildman–Crippen LogP) is 13.4. The first-order valence-electron chi connectivity index (χ1n) is 21.5. The summed E-state index contributed by atoms with van der Waals surface area (Å²) in [5.41, 5.74) is 16.4. The Morgan fingerprint density at radius 1 is 0.786 bits per heavy atom. The molecule has 4 aliphatic rings. The molecular weight excluding hydrogens is 679 g/mol. The van der Waals surface area contributed by atoms with Gasteiger partial charge < -0.3 is 14.2 Å².